The molecule has 1 unspecified atom stereocenters. The van der Waals surface area contributed by atoms with Crippen molar-refractivity contribution in [3.63, 3.8) is 0 Å². The predicted molar refractivity (Wildman–Crippen MR) is 68.9 cm³/mol. The average molecular weight is 368 g/mol. The van der Waals surface area contributed by atoms with Gasteiger partial charge in [0, 0.05) is 24.1 Å². The first-order valence-corrected chi connectivity index (χ1v) is 6.61. The Morgan fingerprint density at radius 2 is 2.43 bits per heavy atom. The number of nitrogens with zero attached hydrogens (tertiary/aromatic N) is 3. The van der Waals surface area contributed by atoms with E-state index in [1.165, 1.54) is 12.8 Å². The number of hydrogen-bond acceptors (Lipinski definition) is 3. The molecule has 1 atom stereocenters. The van der Waals surface area contributed by atoms with Gasteiger partial charge in [0.25, 0.3) is 0 Å². The molecule has 0 saturated carbocycles. The van der Waals surface area contributed by atoms with Crippen molar-refractivity contribution < 1.29 is 0 Å². The normalized spacial score (nSPS) is 22.4. The summed E-state index contributed by atoms with van der Waals surface area (Å²) in [5.74, 6) is 1.07. The summed E-state index contributed by atoms with van der Waals surface area (Å²) < 4.78 is 1.13. The van der Waals surface area contributed by atoms with Crippen LogP contribution in [0.15, 0.2) is 12.5 Å². The molecule has 1 saturated heterocycles. The predicted octanol–water partition coefficient (Wildman–Crippen LogP) is 2.44. The van der Waals surface area contributed by atoms with Gasteiger partial charge in [-0.05, 0) is 35.4 Å². The average Bonchev–Trinajstić information content (AvgIpc) is 2.18. The number of alkyl halides is 1. The Labute approximate surface area is 106 Å². The molecule has 0 amide bonds. The molecule has 1 aromatic rings. The van der Waals surface area contributed by atoms with Crippen LogP contribution in [0.3, 0.4) is 0 Å². The number of piperidine rings is 1. The Morgan fingerprint density at radius 3 is 3.14 bits per heavy atom. The summed E-state index contributed by atoms with van der Waals surface area (Å²) in [6.45, 7) is 2.15. The van der Waals surface area contributed by atoms with Gasteiger partial charge >= 0.3 is 0 Å². The third-order valence-electron chi connectivity index (χ3n) is 2.31. The van der Waals surface area contributed by atoms with Crippen molar-refractivity contribution in [1.29, 1.82) is 0 Å². The summed E-state index contributed by atoms with van der Waals surface area (Å²) in [6.07, 6.45) is 5.98. The van der Waals surface area contributed by atoms with E-state index in [-0.39, 0.29) is 0 Å². The van der Waals surface area contributed by atoms with E-state index in [0.717, 1.165) is 22.5 Å². The fourth-order valence-electron chi connectivity index (χ4n) is 1.66. The van der Waals surface area contributed by atoms with Crippen molar-refractivity contribution in [2.75, 3.05) is 18.0 Å². The Hall–Kier alpha value is 0.0900. The highest BCUT2D eigenvalue weighted by molar-refractivity contribution is 14.1. The second-order valence-corrected chi connectivity index (χ2v) is 5.84. The van der Waals surface area contributed by atoms with Crippen molar-refractivity contribution in [3.05, 3.63) is 16.1 Å². The van der Waals surface area contributed by atoms with Crippen LogP contribution in [0.25, 0.3) is 0 Å². The molecule has 1 aromatic heterocycles. The van der Waals surface area contributed by atoms with Crippen molar-refractivity contribution in [2.24, 2.45) is 0 Å². The molecule has 1 aliphatic heterocycles. The molecule has 2 heterocycles. The zero-order valence-electron chi connectivity index (χ0n) is 7.66. The Morgan fingerprint density at radius 1 is 1.57 bits per heavy atom. The first-order valence-electron chi connectivity index (χ1n) is 4.62. The molecule has 14 heavy (non-hydrogen) atoms. The standard InChI is InChI=1S/C9H11BrIN3/c10-7-2-1-3-14(5-7)9-8(11)4-12-6-13-9/h4,6-7H,1-3,5H2. The van der Waals surface area contributed by atoms with E-state index in [1.807, 2.05) is 6.20 Å². The monoisotopic (exact) mass is 367 g/mol. The molecule has 2 rings (SSSR count). The van der Waals surface area contributed by atoms with E-state index < -0.39 is 0 Å². The third-order valence-corrected chi connectivity index (χ3v) is 3.82. The first-order chi connectivity index (χ1) is 6.77. The highest BCUT2D eigenvalue weighted by Crippen LogP contribution is 2.24. The van der Waals surface area contributed by atoms with Gasteiger partial charge in [-0.3, -0.25) is 0 Å². The zero-order chi connectivity index (χ0) is 9.97. The summed E-state index contributed by atoms with van der Waals surface area (Å²) in [4.78, 5) is 11.2. The van der Waals surface area contributed by atoms with Crippen molar-refractivity contribution in [1.82, 2.24) is 9.97 Å². The van der Waals surface area contributed by atoms with Gasteiger partial charge in [-0.25, -0.2) is 9.97 Å². The van der Waals surface area contributed by atoms with Gasteiger partial charge in [-0.15, -0.1) is 0 Å². The van der Waals surface area contributed by atoms with Crippen LogP contribution in [0.4, 0.5) is 5.82 Å². The van der Waals surface area contributed by atoms with Crippen molar-refractivity contribution in [3.8, 4) is 0 Å². The number of aromatic nitrogens is 2. The molecule has 0 aromatic carbocycles. The van der Waals surface area contributed by atoms with E-state index in [1.54, 1.807) is 6.33 Å². The maximum absolute atomic E-state index is 4.32. The Bertz CT molecular complexity index is 321. The first kappa shape index (κ1) is 10.6. The fraction of sp³-hybridized carbons (Fsp3) is 0.556. The molecule has 0 aliphatic carbocycles. The highest BCUT2D eigenvalue weighted by atomic mass is 127. The van der Waals surface area contributed by atoms with Crippen molar-refractivity contribution >= 4 is 44.3 Å². The summed E-state index contributed by atoms with van der Waals surface area (Å²) in [7, 11) is 0. The number of hydrogen-bond donors (Lipinski definition) is 0. The van der Waals surface area contributed by atoms with Gasteiger partial charge in [-0.2, -0.15) is 0 Å². The Kier molecular flexibility index (Phi) is 3.59. The van der Waals surface area contributed by atoms with E-state index in [4.69, 9.17) is 0 Å². The second kappa shape index (κ2) is 4.74. The minimum Gasteiger partial charge on any atom is -0.355 e. The molecule has 3 nitrogen and oxygen atoms in total. The molecule has 0 spiro atoms. The third kappa shape index (κ3) is 2.36. The second-order valence-electron chi connectivity index (χ2n) is 3.38. The highest BCUT2D eigenvalue weighted by Gasteiger charge is 2.19. The zero-order valence-corrected chi connectivity index (χ0v) is 11.4. The smallest absolute Gasteiger partial charge is 0.145 e. The van der Waals surface area contributed by atoms with Gasteiger partial charge < -0.3 is 4.90 Å². The molecule has 0 bridgehead atoms. The largest absolute Gasteiger partial charge is 0.355 e. The maximum atomic E-state index is 4.32. The summed E-state index contributed by atoms with van der Waals surface area (Å²) in [5.41, 5.74) is 0. The molecular weight excluding hydrogens is 357 g/mol. The lowest BCUT2D eigenvalue weighted by Gasteiger charge is -2.31. The van der Waals surface area contributed by atoms with E-state index in [0.29, 0.717) is 4.83 Å². The van der Waals surface area contributed by atoms with E-state index in [2.05, 4.69) is 53.4 Å². The van der Waals surface area contributed by atoms with Crippen LogP contribution in [0.1, 0.15) is 12.8 Å². The molecule has 0 N–H and O–H groups in total. The molecular formula is C9H11BrIN3. The van der Waals surface area contributed by atoms with E-state index >= 15 is 0 Å². The lowest BCUT2D eigenvalue weighted by atomic mass is 10.1. The van der Waals surface area contributed by atoms with Crippen LogP contribution >= 0.6 is 38.5 Å². The molecule has 5 heteroatoms. The number of anilines is 1. The molecule has 76 valence electrons. The van der Waals surface area contributed by atoms with Gasteiger partial charge in [0.1, 0.15) is 12.1 Å². The van der Waals surface area contributed by atoms with Crippen LogP contribution in [-0.2, 0) is 0 Å². The maximum Gasteiger partial charge on any atom is 0.145 e. The SMILES string of the molecule is BrC1CCCN(c2ncncc2I)C1. The summed E-state index contributed by atoms with van der Waals surface area (Å²) in [6, 6.07) is 0. The summed E-state index contributed by atoms with van der Waals surface area (Å²) in [5, 5.41) is 0. The molecule has 1 fully saturated rings. The number of rotatable bonds is 1. The van der Waals surface area contributed by atoms with Gasteiger partial charge in [0.05, 0.1) is 3.57 Å². The summed E-state index contributed by atoms with van der Waals surface area (Å²) >= 11 is 5.95. The van der Waals surface area contributed by atoms with Gasteiger partial charge in [-0.1, -0.05) is 15.9 Å². The number of halogens is 2. The van der Waals surface area contributed by atoms with Crippen LogP contribution < -0.4 is 4.90 Å². The topological polar surface area (TPSA) is 29.0 Å². The van der Waals surface area contributed by atoms with Gasteiger partial charge in [0.2, 0.25) is 0 Å². The quantitative estimate of drug-likeness (QED) is 0.564. The lowest BCUT2D eigenvalue weighted by Crippen LogP contribution is -2.36. The van der Waals surface area contributed by atoms with E-state index in [9.17, 15) is 0 Å². The Balaban J connectivity index is 2.18. The van der Waals surface area contributed by atoms with Crippen LogP contribution in [-0.4, -0.2) is 27.9 Å². The van der Waals surface area contributed by atoms with Crippen LogP contribution in [0, 0.1) is 3.57 Å². The molecule has 1 aliphatic rings. The van der Waals surface area contributed by atoms with Crippen LogP contribution in [0.2, 0.25) is 0 Å². The minimum absolute atomic E-state index is 0.599. The van der Waals surface area contributed by atoms with Crippen LogP contribution in [0.5, 0.6) is 0 Å². The lowest BCUT2D eigenvalue weighted by molar-refractivity contribution is 0.590. The fourth-order valence-corrected chi connectivity index (χ4v) is 2.97. The van der Waals surface area contributed by atoms with Crippen molar-refractivity contribution in [2.45, 2.75) is 17.7 Å². The van der Waals surface area contributed by atoms with Gasteiger partial charge in [0.15, 0.2) is 0 Å². The molecule has 0 radical (unpaired) electrons. The minimum atomic E-state index is 0.599.